The first-order valence-corrected chi connectivity index (χ1v) is 10.6. The Hall–Kier alpha value is -1.73. The molecule has 0 amide bonds. The van der Waals surface area contributed by atoms with Crippen LogP contribution in [0.2, 0.25) is 0 Å². The van der Waals surface area contributed by atoms with Crippen LogP contribution < -0.4 is 5.32 Å². The van der Waals surface area contributed by atoms with Gasteiger partial charge in [-0.3, -0.25) is 4.90 Å². The van der Waals surface area contributed by atoms with Gasteiger partial charge in [-0.25, -0.2) is 0 Å². The molecule has 1 aromatic heterocycles. The van der Waals surface area contributed by atoms with Gasteiger partial charge in [-0.1, -0.05) is 6.07 Å². The van der Waals surface area contributed by atoms with Gasteiger partial charge in [-0.05, 0) is 50.8 Å². The molecule has 7 heteroatoms. The molecule has 0 unspecified atom stereocenters. The number of anilines is 1. The van der Waals surface area contributed by atoms with Gasteiger partial charge >= 0.3 is 6.18 Å². The van der Waals surface area contributed by atoms with E-state index >= 15 is 0 Å². The van der Waals surface area contributed by atoms with Crippen molar-refractivity contribution in [1.29, 1.82) is 0 Å². The molecule has 1 spiro atoms. The lowest BCUT2D eigenvalue weighted by molar-refractivity contribution is -0.200. The maximum absolute atomic E-state index is 13.0. The predicted octanol–water partition coefficient (Wildman–Crippen LogP) is 4.57. The molecule has 1 N–H and O–H groups in total. The van der Waals surface area contributed by atoms with Crippen molar-refractivity contribution in [3.8, 4) is 0 Å². The average molecular weight is 407 g/mol. The van der Waals surface area contributed by atoms with E-state index in [1.165, 1.54) is 30.5 Å². The Balaban J connectivity index is 1.24. The van der Waals surface area contributed by atoms with E-state index < -0.39 is 12.7 Å². The number of aryl methyl sites for hydroxylation is 1. The van der Waals surface area contributed by atoms with E-state index in [0.717, 1.165) is 37.1 Å². The number of hydrogen-bond donors (Lipinski definition) is 1. The van der Waals surface area contributed by atoms with Gasteiger partial charge in [0.1, 0.15) is 6.54 Å². The van der Waals surface area contributed by atoms with Crippen LogP contribution in [-0.2, 0) is 11.3 Å². The Labute approximate surface area is 169 Å². The Morgan fingerprint density at radius 1 is 1.14 bits per heavy atom. The number of fused-ring (bicyclic) bond motifs is 1. The highest BCUT2D eigenvalue weighted by Gasteiger charge is 2.50. The fourth-order valence-corrected chi connectivity index (χ4v) is 5.38. The van der Waals surface area contributed by atoms with Crippen LogP contribution in [-0.4, -0.2) is 54.0 Å². The lowest BCUT2D eigenvalue weighted by Gasteiger charge is -2.58. The van der Waals surface area contributed by atoms with E-state index in [4.69, 9.17) is 4.74 Å². The Bertz CT molecular complexity index is 887. The molecule has 0 atom stereocenters. The lowest BCUT2D eigenvalue weighted by atomic mass is 9.75. The first-order valence-electron chi connectivity index (χ1n) is 10.6. The van der Waals surface area contributed by atoms with Crippen molar-refractivity contribution >= 4 is 16.6 Å². The first kappa shape index (κ1) is 19.2. The molecule has 29 heavy (non-hydrogen) atoms. The lowest BCUT2D eigenvalue weighted by Crippen LogP contribution is -2.68. The summed E-state index contributed by atoms with van der Waals surface area (Å²) in [5.41, 5.74) is 2.70. The minimum absolute atomic E-state index is 0.380. The highest BCUT2D eigenvalue weighted by molar-refractivity contribution is 5.93. The monoisotopic (exact) mass is 407 g/mol. The standard InChI is InChI=1S/C22H28F3N3O/c1-15-9-18-19(3-2-4-20(18)28(15)12-22(23,24)25)26-16-5-7-17(8-6-16)27-10-21(11-27)13-29-14-21/h2-4,9,16-17,26H,5-8,10-14H2,1H3. The first-order chi connectivity index (χ1) is 13.8. The maximum atomic E-state index is 13.0. The van der Waals surface area contributed by atoms with Crippen LogP contribution in [0, 0.1) is 12.3 Å². The number of nitrogens with zero attached hydrogens (tertiary/aromatic N) is 2. The Morgan fingerprint density at radius 3 is 2.48 bits per heavy atom. The normalized spacial score (nSPS) is 27.0. The second-order valence-corrected chi connectivity index (χ2v) is 9.27. The second kappa shape index (κ2) is 6.91. The molecule has 158 valence electrons. The number of aromatic nitrogens is 1. The summed E-state index contributed by atoms with van der Waals surface area (Å²) in [4.78, 5) is 2.61. The minimum Gasteiger partial charge on any atom is -0.382 e. The van der Waals surface area contributed by atoms with E-state index in [1.807, 2.05) is 18.2 Å². The fraction of sp³-hybridized carbons (Fsp3) is 0.636. The molecule has 2 aromatic rings. The molecule has 2 saturated heterocycles. The van der Waals surface area contributed by atoms with E-state index in [2.05, 4.69) is 10.2 Å². The van der Waals surface area contributed by atoms with Crippen LogP contribution in [0.15, 0.2) is 24.3 Å². The van der Waals surface area contributed by atoms with Crippen molar-refractivity contribution in [3.05, 3.63) is 30.0 Å². The number of halogens is 3. The number of benzene rings is 1. The van der Waals surface area contributed by atoms with E-state index in [-0.39, 0.29) is 0 Å². The summed E-state index contributed by atoms with van der Waals surface area (Å²) < 4.78 is 45.6. The molecule has 3 fully saturated rings. The van der Waals surface area contributed by atoms with Crippen LogP contribution in [0.5, 0.6) is 0 Å². The van der Waals surface area contributed by atoms with Gasteiger partial charge in [0, 0.05) is 47.4 Å². The topological polar surface area (TPSA) is 29.4 Å². The van der Waals surface area contributed by atoms with Gasteiger partial charge in [0.15, 0.2) is 0 Å². The van der Waals surface area contributed by atoms with E-state index in [1.54, 1.807) is 13.0 Å². The second-order valence-electron chi connectivity index (χ2n) is 9.27. The Morgan fingerprint density at radius 2 is 1.86 bits per heavy atom. The summed E-state index contributed by atoms with van der Waals surface area (Å²) in [7, 11) is 0. The van der Waals surface area contributed by atoms with Crippen LogP contribution in [0.4, 0.5) is 18.9 Å². The van der Waals surface area contributed by atoms with E-state index in [9.17, 15) is 13.2 Å². The van der Waals surface area contributed by atoms with Crippen molar-refractivity contribution in [1.82, 2.24) is 9.47 Å². The average Bonchev–Trinajstić information content (AvgIpc) is 2.89. The summed E-state index contributed by atoms with van der Waals surface area (Å²) in [5, 5.41) is 4.51. The summed E-state index contributed by atoms with van der Waals surface area (Å²) in [6.07, 6.45) is 0.337. The zero-order valence-corrected chi connectivity index (χ0v) is 16.8. The molecular formula is C22H28F3N3O. The Kier molecular flexibility index (Phi) is 4.59. The van der Waals surface area contributed by atoms with Gasteiger partial charge in [0.05, 0.1) is 18.7 Å². The number of ether oxygens (including phenoxy) is 1. The van der Waals surface area contributed by atoms with E-state index in [0.29, 0.717) is 28.7 Å². The smallest absolute Gasteiger partial charge is 0.382 e. The van der Waals surface area contributed by atoms with Crippen molar-refractivity contribution < 1.29 is 17.9 Å². The summed E-state index contributed by atoms with van der Waals surface area (Å²) >= 11 is 0. The molecule has 3 heterocycles. The molecule has 1 aliphatic carbocycles. The summed E-state index contributed by atoms with van der Waals surface area (Å²) in [6.45, 7) is 5.02. The quantitative estimate of drug-likeness (QED) is 0.805. The number of alkyl halides is 3. The molecule has 4 nitrogen and oxygen atoms in total. The molecule has 1 aromatic carbocycles. The molecule has 0 radical (unpaired) electrons. The zero-order valence-electron chi connectivity index (χ0n) is 16.8. The number of nitrogens with one attached hydrogen (secondary N) is 1. The van der Waals surface area contributed by atoms with Crippen LogP contribution >= 0.6 is 0 Å². The summed E-state index contributed by atoms with van der Waals surface area (Å²) in [5.74, 6) is 0. The van der Waals surface area contributed by atoms with Gasteiger partial charge in [-0.2, -0.15) is 13.2 Å². The number of hydrogen-bond acceptors (Lipinski definition) is 3. The fourth-order valence-electron chi connectivity index (χ4n) is 5.38. The van der Waals surface area contributed by atoms with Crippen molar-refractivity contribution in [2.45, 2.75) is 57.4 Å². The van der Waals surface area contributed by atoms with Gasteiger partial charge < -0.3 is 14.6 Å². The van der Waals surface area contributed by atoms with Crippen molar-refractivity contribution in [3.63, 3.8) is 0 Å². The molecule has 3 aliphatic rings. The van der Waals surface area contributed by atoms with Crippen LogP contribution in [0.1, 0.15) is 31.4 Å². The van der Waals surface area contributed by atoms with Crippen LogP contribution in [0.25, 0.3) is 10.9 Å². The highest BCUT2D eigenvalue weighted by atomic mass is 19.4. The maximum Gasteiger partial charge on any atom is 0.406 e. The number of rotatable bonds is 4. The van der Waals surface area contributed by atoms with Gasteiger partial charge in [0.25, 0.3) is 0 Å². The highest BCUT2D eigenvalue weighted by Crippen LogP contribution is 2.41. The van der Waals surface area contributed by atoms with Gasteiger partial charge in [0.2, 0.25) is 0 Å². The molecular weight excluding hydrogens is 379 g/mol. The minimum atomic E-state index is -4.22. The van der Waals surface area contributed by atoms with Crippen molar-refractivity contribution in [2.24, 2.45) is 5.41 Å². The largest absolute Gasteiger partial charge is 0.406 e. The molecule has 1 saturated carbocycles. The third kappa shape index (κ3) is 3.63. The predicted molar refractivity (Wildman–Crippen MR) is 107 cm³/mol. The SMILES string of the molecule is Cc1cc2c(NC3CCC(N4CC5(COC5)C4)CC3)cccc2n1CC(F)(F)F. The van der Waals surface area contributed by atoms with Crippen molar-refractivity contribution in [2.75, 3.05) is 31.6 Å². The molecule has 5 rings (SSSR count). The number of likely N-dealkylation sites (tertiary alicyclic amines) is 1. The third-order valence-electron chi connectivity index (χ3n) is 6.96. The zero-order chi connectivity index (χ0) is 20.2. The van der Waals surface area contributed by atoms with Gasteiger partial charge in [-0.15, -0.1) is 0 Å². The third-order valence-corrected chi connectivity index (χ3v) is 6.96. The molecule has 0 bridgehead atoms. The van der Waals surface area contributed by atoms with Crippen LogP contribution in [0.3, 0.4) is 0 Å². The summed E-state index contributed by atoms with van der Waals surface area (Å²) in [6, 6.07) is 8.54. The molecule has 2 aliphatic heterocycles.